The van der Waals surface area contributed by atoms with Gasteiger partial charge in [0.2, 0.25) is 5.91 Å². The van der Waals surface area contributed by atoms with Crippen LogP contribution < -0.4 is 14.8 Å². The van der Waals surface area contributed by atoms with E-state index in [0.29, 0.717) is 29.3 Å². The van der Waals surface area contributed by atoms with Crippen LogP contribution in [0.25, 0.3) is 0 Å². The predicted molar refractivity (Wildman–Crippen MR) is 122 cm³/mol. The summed E-state index contributed by atoms with van der Waals surface area (Å²) in [6.07, 6.45) is 2.83. The summed E-state index contributed by atoms with van der Waals surface area (Å²) in [5, 5.41) is 2.87. The van der Waals surface area contributed by atoms with Crippen LogP contribution in [-0.2, 0) is 21.2 Å². The Hall–Kier alpha value is -3.14. The number of rotatable bonds is 9. The Morgan fingerprint density at radius 2 is 2.03 bits per heavy atom. The molecular formula is C23H27N3O6S. The van der Waals surface area contributed by atoms with E-state index in [1.165, 1.54) is 12.0 Å². The van der Waals surface area contributed by atoms with Crippen molar-refractivity contribution in [3.05, 3.63) is 47.2 Å². The topological polar surface area (TPSA) is 115 Å². The lowest BCUT2D eigenvalue weighted by Crippen LogP contribution is -2.34. The SMILES string of the molecule is CCOc1nc(C(CS(C)(=O)=O)N2Cc3cccc(NC(=O)C4CC4)c3C2=O)ccc1OC. The van der Waals surface area contributed by atoms with Crippen molar-refractivity contribution in [3.8, 4) is 11.6 Å². The maximum Gasteiger partial charge on any atom is 0.257 e. The third-order valence-corrected chi connectivity index (χ3v) is 6.62. The number of carbonyl (C=O) groups excluding carboxylic acids is 2. The number of anilines is 1. The second-order valence-corrected chi connectivity index (χ2v) is 10.5. The summed E-state index contributed by atoms with van der Waals surface area (Å²) in [4.78, 5) is 31.8. The van der Waals surface area contributed by atoms with Crippen LogP contribution in [0.4, 0.5) is 5.69 Å². The van der Waals surface area contributed by atoms with Crippen LogP contribution in [0.3, 0.4) is 0 Å². The molecule has 10 heteroatoms. The third kappa shape index (κ3) is 4.95. The first-order valence-electron chi connectivity index (χ1n) is 10.8. The van der Waals surface area contributed by atoms with Gasteiger partial charge in [-0.3, -0.25) is 9.59 Å². The third-order valence-electron chi connectivity index (χ3n) is 5.70. The van der Waals surface area contributed by atoms with Crippen LogP contribution in [0.5, 0.6) is 11.6 Å². The van der Waals surface area contributed by atoms with Gasteiger partial charge in [0.15, 0.2) is 5.75 Å². The lowest BCUT2D eigenvalue weighted by Gasteiger charge is -2.27. The number of carbonyl (C=O) groups is 2. The summed E-state index contributed by atoms with van der Waals surface area (Å²) >= 11 is 0. The number of sulfone groups is 1. The number of fused-ring (bicyclic) bond motifs is 1. The number of nitrogens with zero attached hydrogens (tertiary/aromatic N) is 2. The molecule has 2 aliphatic rings. The number of benzene rings is 1. The van der Waals surface area contributed by atoms with Crippen LogP contribution in [0.15, 0.2) is 30.3 Å². The molecule has 176 valence electrons. The predicted octanol–water partition coefficient (Wildman–Crippen LogP) is 2.58. The van der Waals surface area contributed by atoms with Gasteiger partial charge in [0.05, 0.1) is 42.5 Å². The van der Waals surface area contributed by atoms with E-state index in [2.05, 4.69) is 10.3 Å². The Labute approximate surface area is 193 Å². The maximum absolute atomic E-state index is 13.5. The van der Waals surface area contributed by atoms with Crippen molar-refractivity contribution in [2.45, 2.75) is 32.4 Å². The largest absolute Gasteiger partial charge is 0.491 e. The molecule has 1 aliphatic carbocycles. The fourth-order valence-electron chi connectivity index (χ4n) is 3.96. The first kappa shape index (κ1) is 23.0. The van der Waals surface area contributed by atoms with E-state index in [0.717, 1.165) is 24.7 Å². The fourth-order valence-corrected chi connectivity index (χ4v) is 4.89. The van der Waals surface area contributed by atoms with E-state index >= 15 is 0 Å². The van der Waals surface area contributed by atoms with Crippen molar-refractivity contribution in [3.63, 3.8) is 0 Å². The first-order valence-corrected chi connectivity index (χ1v) is 12.9. The first-order chi connectivity index (χ1) is 15.7. The quantitative estimate of drug-likeness (QED) is 0.595. The second kappa shape index (κ2) is 9.01. The Morgan fingerprint density at radius 3 is 2.67 bits per heavy atom. The summed E-state index contributed by atoms with van der Waals surface area (Å²) in [5.74, 6) is -0.104. The molecule has 0 bridgehead atoms. The summed E-state index contributed by atoms with van der Waals surface area (Å²) < 4.78 is 35.4. The van der Waals surface area contributed by atoms with E-state index in [9.17, 15) is 18.0 Å². The number of hydrogen-bond acceptors (Lipinski definition) is 7. The van der Waals surface area contributed by atoms with Gasteiger partial charge >= 0.3 is 0 Å². The molecule has 1 atom stereocenters. The van der Waals surface area contributed by atoms with Crippen LogP contribution in [0.2, 0.25) is 0 Å². The Balaban J connectivity index is 1.70. The minimum Gasteiger partial charge on any atom is -0.491 e. The molecule has 1 aromatic heterocycles. The normalized spacial score (nSPS) is 16.3. The summed E-state index contributed by atoms with van der Waals surface area (Å²) in [6.45, 7) is 2.36. The zero-order valence-corrected chi connectivity index (χ0v) is 19.6. The number of nitrogens with one attached hydrogen (secondary N) is 1. The van der Waals surface area contributed by atoms with E-state index in [-0.39, 0.29) is 35.9 Å². The number of amides is 2. The smallest absolute Gasteiger partial charge is 0.257 e. The van der Waals surface area contributed by atoms with Crippen molar-refractivity contribution in [2.75, 3.05) is 31.0 Å². The highest BCUT2D eigenvalue weighted by atomic mass is 32.2. The van der Waals surface area contributed by atoms with Crippen molar-refractivity contribution in [1.29, 1.82) is 0 Å². The van der Waals surface area contributed by atoms with E-state index < -0.39 is 15.9 Å². The molecule has 1 fully saturated rings. The summed E-state index contributed by atoms with van der Waals surface area (Å²) in [7, 11) is -1.98. The fraction of sp³-hybridized carbons (Fsp3) is 0.435. The zero-order chi connectivity index (χ0) is 23.8. The molecule has 1 aliphatic heterocycles. The van der Waals surface area contributed by atoms with Gasteiger partial charge < -0.3 is 19.7 Å². The van der Waals surface area contributed by atoms with Gasteiger partial charge in [-0.15, -0.1) is 0 Å². The number of pyridine rings is 1. The molecule has 1 N–H and O–H groups in total. The van der Waals surface area contributed by atoms with Gasteiger partial charge in [0.25, 0.3) is 11.8 Å². The highest BCUT2D eigenvalue weighted by Gasteiger charge is 2.38. The second-order valence-electron chi connectivity index (χ2n) is 8.32. The molecule has 1 aromatic carbocycles. The molecule has 0 radical (unpaired) electrons. The van der Waals surface area contributed by atoms with E-state index in [4.69, 9.17) is 9.47 Å². The number of ether oxygens (including phenoxy) is 2. The standard InChI is InChI=1S/C23H27N3O6S/c1-4-32-22-19(31-2)11-10-16(25-22)18(13-33(3,29)30)26-12-15-6-5-7-17(20(15)23(26)28)24-21(27)14-8-9-14/h5-7,10-11,14,18H,4,8-9,12-13H2,1-3H3,(H,24,27). The molecule has 2 aromatic rings. The van der Waals surface area contributed by atoms with Crippen LogP contribution >= 0.6 is 0 Å². The molecule has 1 unspecified atom stereocenters. The van der Waals surface area contributed by atoms with Gasteiger partial charge in [-0.05, 0) is 43.5 Å². The lowest BCUT2D eigenvalue weighted by atomic mass is 10.1. The molecule has 0 spiro atoms. The van der Waals surface area contributed by atoms with Crippen molar-refractivity contribution in [2.24, 2.45) is 5.92 Å². The van der Waals surface area contributed by atoms with Gasteiger partial charge in [-0.1, -0.05) is 12.1 Å². The zero-order valence-electron chi connectivity index (χ0n) is 18.8. The molecule has 33 heavy (non-hydrogen) atoms. The highest BCUT2D eigenvalue weighted by molar-refractivity contribution is 7.90. The number of aromatic nitrogens is 1. The molecule has 9 nitrogen and oxygen atoms in total. The van der Waals surface area contributed by atoms with Crippen LogP contribution in [0, 0.1) is 5.92 Å². The Kier molecular flexibility index (Phi) is 6.29. The average molecular weight is 474 g/mol. The minimum atomic E-state index is -3.47. The lowest BCUT2D eigenvalue weighted by molar-refractivity contribution is -0.117. The number of hydrogen-bond donors (Lipinski definition) is 1. The monoisotopic (exact) mass is 473 g/mol. The highest BCUT2D eigenvalue weighted by Crippen LogP contribution is 2.38. The molecule has 2 amide bonds. The van der Waals surface area contributed by atoms with Gasteiger partial charge in [-0.25, -0.2) is 13.4 Å². The minimum absolute atomic E-state index is 0.00747. The van der Waals surface area contributed by atoms with Gasteiger partial charge in [-0.2, -0.15) is 0 Å². The maximum atomic E-state index is 13.5. The Morgan fingerprint density at radius 1 is 1.27 bits per heavy atom. The molecule has 4 rings (SSSR count). The van der Waals surface area contributed by atoms with Crippen molar-refractivity contribution < 1.29 is 27.5 Å². The number of methoxy groups -OCH3 is 1. The van der Waals surface area contributed by atoms with E-state index in [1.807, 2.05) is 6.07 Å². The van der Waals surface area contributed by atoms with Gasteiger partial charge in [0.1, 0.15) is 9.84 Å². The molecule has 2 heterocycles. The molecule has 1 saturated carbocycles. The average Bonchev–Trinajstić information content (AvgIpc) is 3.56. The van der Waals surface area contributed by atoms with Crippen LogP contribution in [0.1, 0.15) is 47.4 Å². The molecular weight excluding hydrogens is 446 g/mol. The van der Waals surface area contributed by atoms with E-state index in [1.54, 1.807) is 31.2 Å². The van der Waals surface area contributed by atoms with Crippen molar-refractivity contribution in [1.82, 2.24) is 9.88 Å². The van der Waals surface area contributed by atoms with Crippen LogP contribution in [-0.4, -0.2) is 55.8 Å². The molecule has 0 saturated heterocycles. The summed E-state index contributed by atoms with van der Waals surface area (Å²) in [6, 6.07) is 7.75. The summed E-state index contributed by atoms with van der Waals surface area (Å²) in [5.41, 5.74) is 1.95. The Bertz CT molecular complexity index is 1190. The van der Waals surface area contributed by atoms with Gasteiger partial charge in [0, 0.05) is 18.7 Å². The van der Waals surface area contributed by atoms with Crippen molar-refractivity contribution >= 4 is 27.3 Å².